The van der Waals surface area contributed by atoms with Crippen molar-refractivity contribution >= 4 is 43.7 Å². The Morgan fingerprint density at radius 2 is 1.83 bits per heavy atom. The average molecular weight is 727 g/mol. The van der Waals surface area contributed by atoms with Gasteiger partial charge < -0.3 is 25.4 Å². The number of rotatable bonds is 8. The van der Waals surface area contributed by atoms with E-state index in [-0.39, 0.29) is 68.5 Å². The number of nitrogens with one attached hydrogen (secondary N) is 1. The fraction of sp³-hybridized carbons (Fsp3) is 0.474. The molecule has 0 saturated carbocycles. The van der Waals surface area contributed by atoms with Crippen LogP contribution in [0.25, 0.3) is 32.9 Å². The molecule has 0 spiro atoms. The number of benzene rings is 2. The molecule has 2 unspecified atom stereocenters. The van der Waals surface area contributed by atoms with Crippen molar-refractivity contribution in [1.29, 1.82) is 0 Å². The van der Waals surface area contributed by atoms with Crippen molar-refractivity contribution in [3.63, 3.8) is 0 Å². The van der Waals surface area contributed by atoms with Crippen LogP contribution >= 0.6 is 0 Å². The molecule has 14 heteroatoms. The molecule has 3 radical (unpaired) electrons. The molecule has 8 rings (SSSR count). The largest absolute Gasteiger partial charge is 0.461 e. The standard InChI is InChI=1S/C38H39F3N7O3Si/c1-4-25-27(39)10-7-21-15-24(51-35(49)38(42,52)20(2)3)16-26(28(21)25)31-30(40)32-29(33(41)44-31)34(47-17-22-8-9-23(18-47)43-22)46-36(45-32)50-19-37-11-5-13-48(37)14-6-12-37/h1,7,10,15-16,20,22-23,43H,5-6,8-9,11-14,17-19,42H2,2-3H3/t22?,23?,38-/m0/s1. The second-order valence-corrected chi connectivity index (χ2v) is 15.7. The first-order valence-corrected chi connectivity index (χ1v) is 18.3. The summed E-state index contributed by atoms with van der Waals surface area (Å²) in [5.41, 5.74) is 4.93. The van der Waals surface area contributed by atoms with Crippen LogP contribution in [0.3, 0.4) is 0 Å². The molecule has 4 aliphatic heterocycles. The molecule has 3 N–H and O–H groups in total. The number of halogens is 3. The second kappa shape index (κ2) is 13.0. The number of hydrogen-bond acceptors (Lipinski definition) is 10. The fourth-order valence-electron chi connectivity index (χ4n) is 8.42. The number of esters is 1. The van der Waals surface area contributed by atoms with E-state index in [0.717, 1.165) is 57.7 Å². The van der Waals surface area contributed by atoms with Gasteiger partial charge in [0, 0.05) is 36.1 Å². The van der Waals surface area contributed by atoms with Crippen LogP contribution in [0.15, 0.2) is 24.3 Å². The Bertz CT molecular complexity index is 2140. The third-order valence-corrected chi connectivity index (χ3v) is 12.2. The van der Waals surface area contributed by atoms with Crippen LogP contribution in [0.2, 0.25) is 0 Å². The number of fused-ring (bicyclic) bond motifs is 5. The quantitative estimate of drug-likeness (QED) is 0.0879. The van der Waals surface area contributed by atoms with Crippen molar-refractivity contribution in [1.82, 2.24) is 25.2 Å². The molecule has 269 valence electrons. The first kappa shape index (κ1) is 34.8. The highest BCUT2D eigenvalue weighted by Crippen LogP contribution is 2.42. The molecule has 0 amide bonds. The molecule has 4 aromatic rings. The minimum Gasteiger partial charge on any atom is -0.461 e. The van der Waals surface area contributed by atoms with Crippen LogP contribution in [0.4, 0.5) is 19.0 Å². The van der Waals surface area contributed by atoms with Gasteiger partial charge in [-0.2, -0.15) is 14.4 Å². The number of carbonyl (C=O) groups is 1. The van der Waals surface area contributed by atoms with E-state index in [1.54, 1.807) is 13.8 Å². The van der Waals surface area contributed by atoms with Gasteiger partial charge >= 0.3 is 12.0 Å². The van der Waals surface area contributed by atoms with Crippen molar-refractivity contribution in [2.45, 2.75) is 75.2 Å². The maximum Gasteiger partial charge on any atom is 0.327 e. The van der Waals surface area contributed by atoms with Crippen molar-refractivity contribution in [3.05, 3.63) is 47.4 Å². The number of hydrogen-bond donors (Lipinski definition) is 2. The highest BCUT2D eigenvalue weighted by molar-refractivity contribution is 6.27. The van der Waals surface area contributed by atoms with Gasteiger partial charge in [0.1, 0.15) is 40.6 Å². The Morgan fingerprint density at radius 1 is 1.12 bits per heavy atom. The van der Waals surface area contributed by atoms with E-state index in [4.69, 9.17) is 26.6 Å². The Morgan fingerprint density at radius 3 is 2.50 bits per heavy atom. The molecule has 0 aliphatic carbocycles. The van der Waals surface area contributed by atoms with Gasteiger partial charge in [-0.25, -0.2) is 13.8 Å². The maximum absolute atomic E-state index is 17.2. The molecule has 2 aromatic carbocycles. The minimum absolute atomic E-state index is 0.0573. The molecule has 6 heterocycles. The van der Waals surface area contributed by atoms with Gasteiger partial charge in [0.05, 0.1) is 26.5 Å². The van der Waals surface area contributed by atoms with Crippen LogP contribution < -0.4 is 25.4 Å². The second-order valence-electron chi connectivity index (χ2n) is 14.9. The topological polar surface area (TPSA) is 119 Å². The number of terminal acetylenes is 1. The molecule has 4 saturated heterocycles. The average Bonchev–Trinajstić information content (AvgIpc) is 3.81. The van der Waals surface area contributed by atoms with Crippen molar-refractivity contribution in [2.24, 2.45) is 11.7 Å². The monoisotopic (exact) mass is 726 g/mol. The molecule has 4 aliphatic rings. The highest BCUT2D eigenvalue weighted by atomic mass is 28.1. The molecule has 10 nitrogen and oxygen atoms in total. The first-order valence-electron chi connectivity index (χ1n) is 17.8. The predicted molar refractivity (Wildman–Crippen MR) is 192 cm³/mol. The summed E-state index contributed by atoms with van der Waals surface area (Å²) in [5.74, 6) is -1.47. The van der Waals surface area contributed by atoms with E-state index in [0.29, 0.717) is 25.1 Å². The Labute approximate surface area is 303 Å². The van der Waals surface area contributed by atoms with Gasteiger partial charge in [0.2, 0.25) is 5.95 Å². The van der Waals surface area contributed by atoms with E-state index < -0.39 is 34.4 Å². The number of carbonyl (C=O) groups excluding carboxylic acids is 1. The number of piperazine rings is 1. The lowest BCUT2D eigenvalue weighted by atomic mass is 9.95. The minimum atomic E-state index is -1.55. The molecule has 4 fully saturated rings. The summed E-state index contributed by atoms with van der Waals surface area (Å²) >= 11 is 0. The van der Waals surface area contributed by atoms with Crippen LogP contribution in [-0.2, 0) is 4.79 Å². The maximum atomic E-state index is 17.2. The lowest BCUT2D eigenvalue weighted by Gasteiger charge is -2.34. The zero-order valence-corrected chi connectivity index (χ0v) is 30.1. The van der Waals surface area contributed by atoms with Gasteiger partial charge in [0.25, 0.3) is 0 Å². The van der Waals surface area contributed by atoms with Crippen LogP contribution in [0.5, 0.6) is 11.8 Å². The van der Waals surface area contributed by atoms with Crippen LogP contribution in [0, 0.1) is 35.8 Å². The van der Waals surface area contributed by atoms with E-state index >= 15 is 13.2 Å². The molecule has 3 atom stereocenters. The summed E-state index contributed by atoms with van der Waals surface area (Å²) in [7, 11) is 3.30. The third kappa shape index (κ3) is 5.78. The summed E-state index contributed by atoms with van der Waals surface area (Å²) in [6, 6.07) is 5.58. The highest BCUT2D eigenvalue weighted by Gasteiger charge is 2.45. The predicted octanol–water partition coefficient (Wildman–Crippen LogP) is 4.58. The Balaban J connectivity index is 1.30. The number of aromatic nitrogens is 3. The van der Waals surface area contributed by atoms with Crippen molar-refractivity contribution in [3.8, 4) is 35.4 Å². The number of nitrogens with zero attached hydrogens (tertiary/aromatic N) is 5. The van der Waals surface area contributed by atoms with Gasteiger partial charge in [-0.15, -0.1) is 6.42 Å². The molecule has 2 bridgehead atoms. The fourth-order valence-corrected chi connectivity index (χ4v) is 8.47. The van der Waals surface area contributed by atoms with Crippen molar-refractivity contribution in [2.75, 3.05) is 37.7 Å². The van der Waals surface area contributed by atoms with Crippen LogP contribution in [-0.4, -0.2) is 91.6 Å². The molecule has 52 heavy (non-hydrogen) atoms. The van der Waals surface area contributed by atoms with Gasteiger partial charge in [-0.3, -0.25) is 9.69 Å². The molecule has 2 aromatic heterocycles. The smallest absolute Gasteiger partial charge is 0.327 e. The molecular weight excluding hydrogens is 688 g/mol. The van der Waals surface area contributed by atoms with Crippen LogP contribution in [0.1, 0.15) is 57.9 Å². The summed E-state index contributed by atoms with van der Waals surface area (Å²) in [6.45, 7) is 6.85. The normalized spacial score (nSPS) is 22.2. The first-order chi connectivity index (χ1) is 24.9. The number of nitrogens with two attached hydrogens (primary N) is 1. The number of anilines is 1. The van der Waals surface area contributed by atoms with E-state index in [9.17, 15) is 4.79 Å². The van der Waals surface area contributed by atoms with E-state index in [2.05, 4.69) is 36.3 Å². The van der Waals surface area contributed by atoms with Gasteiger partial charge in [-0.05, 0) is 81.1 Å². The van der Waals surface area contributed by atoms with E-state index in [1.165, 1.54) is 18.2 Å². The number of ether oxygens (including phenoxy) is 2. The number of pyridine rings is 1. The summed E-state index contributed by atoms with van der Waals surface area (Å²) in [5, 5.41) is 2.21. The Kier molecular flexibility index (Phi) is 8.68. The SMILES string of the molecule is C#Cc1c(F)ccc2cc(OC(=O)[C@@](N)([Si])C(C)C)cc(-c3nc(F)c4c(N5CC6CCC(C5)N6)nc(OCC56CCCN5CCC6)nc4c3F)c12. The van der Waals surface area contributed by atoms with Gasteiger partial charge in [0.15, 0.2) is 5.82 Å². The van der Waals surface area contributed by atoms with Gasteiger partial charge in [-0.1, -0.05) is 25.8 Å². The molecular formula is C38H39F3N7O3Si. The Hall–Kier alpha value is -4.29. The lowest BCUT2D eigenvalue weighted by Crippen LogP contribution is -2.55. The van der Waals surface area contributed by atoms with E-state index in [1.807, 2.05) is 4.90 Å². The third-order valence-electron chi connectivity index (χ3n) is 11.4. The summed E-state index contributed by atoms with van der Waals surface area (Å²) in [6.07, 6.45) is 11.8. The summed E-state index contributed by atoms with van der Waals surface area (Å²) < 4.78 is 61.0. The zero-order valence-electron chi connectivity index (χ0n) is 29.1. The zero-order chi connectivity index (χ0) is 36.5. The lowest BCUT2D eigenvalue weighted by molar-refractivity contribution is -0.138. The van der Waals surface area contributed by atoms with Crippen molar-refractivity contribution < 1.29 is 27.4 Å². The summed E-state index contributed by atoms with van der Waals surface area (Å²) in [4.78, 5) is 30.9.